The topological polar surface area (TPSA) is 96.0 Å². The third kappa shape index (κ3) is 4.99. The third-order valence-electron chi connectivity index (χ3n) is 4.17. The molecule has 0 heterocycles. The van der Waals surface area contributed by atoms with E-state index in [0.717, 1.165) is 0 Å². The van der Waals surface area contributed by atoms with Gasteiger partial charge in [0.25, 0.3) is 0 Å². The molecular weight excluding hydrogens is 376 g/mol. The Balaban J connectivity index is 2.49. The summed E-state index contributed by atoms with van der Waals surface area (Å²) in [6.45, 7) is 6.56. The van der Waals surface area contributed by atoms with Crippen LogP contribution in [0.1, 0.15) is 38.1 Å². The summed E-state index contributed by atoms with van der Waals surface area (Å²) in [4.78, 5) is 49.5. The molecule has 2 atom stereocenters. The van der Waals surface area contributed by atoms with Crippen LogP contribution in [0.15, 0.2) is 48.6 Å². The van der Waals surface area contributed by atoms with Gasteiger partial charge in [0.2, 0.25) is 11.4 Å². The Bertz CT molecular complexity index is 850. The standard InChI is InChI=1S/C22H24O7/c1-14(2)20(25)29-22(12-8-7-9-16(22)13-23)19(24)17-10-5-6-11-18(17)28-21(26)27-15(3)4/h5-16H,1-4H3. The first kappa shape index (κ1) is 22.1. The molecule has 0 fully saturated rings. The van der Waals surface area contributed by atoms with Gasteiger partial charge in [0, 0.05) is 0 Å². The van der Waals surface area contributed by atoms with Gasteiger partial charge in [-0.05, 0) is 32.1 Å². The highest BCUT2D eigenvalue weighted by molar-refractivity contribution is 6.09. The second-order valence-electron chi connectivity index (χ2n) is 7.12. The molecule has 1 aromatic rings. The molecule has 0 bridgehead atoms. The van der Waals surface area contributed by atoms with E-state index in [1.165, 1.54) is 30.4 Å². The zero-order valence-electron chi connectivity index (χ0n) is 16.8. The van der Waals surface area contributed by atoms with Crippen LogP contribution in [0.25, 0.3) is 0 Å². The van der Waals surface area contributed by atoms with Crippen molar-refractivity contribution in [1.29, 1.82) is 0 Å². The van der Waals surface area contributed by atoms with Gasteiger partial charge in [-0.15, -0.1) is 0 Å². The van der Waals surface area contributed by atoms with Gasteiger partial charge in [-0.1, -0.05) is 44.2 Å². The Morgan fingerprint density at radius 2 is 1.76 bits per heavy atom. The molecule has 7 heteroatoms. The molecule has 7 nitrogen and oxygen atoms in total. The Morgan fingerprint density at radius 3 is 2.38 bits per heavy atom. The summed E-state index contributed by atoms with van der Waals surface area (Å²) in [6, 6.07) is 6.00. The number of esters is 1. The van der Waals surface area contributed by atoms with Crippen LogP contribution in [-0.2, 0) is 19.1 Å². The number of Topliss-reactive ketones (excluding diaryl/α,β-unsaturated/α-hetero) is 1. The molecule has 0 amide bonds. The SMILES string of the molecule is CC(C)OC(=O)Oc1ccccc1C(=O)C1(OC(=O)C(C)C)C=CC=CC1C=O. The Kier molecular flexibility index (Phi) is 7.09. The summed E-state index contributed by atoms with van der Waals surface area (Å²) in [7, 11) is 0. The van der Waals surface area contributed by atoms with E-state index in [4.69, 9.17) is 14.2 Å². The van der Waals surface area contributed by atoms with Crippen LogP contribution in [0, 0.1) is 11.8 Å². The highest BCUT2D eigenvalue weighted by Crippen LogP contribution is 2.35. The molecule has 154 valence electrons. The lowest BCUT2D eigenvalue weighted by Crippen LogP contribution is -2.50. The molecule has 0 radical (unpaired) electrons. The number of para-hydroxylation sites is 1. The first-order valence-electron chi connectivity index (χ1n) is 9.27. The van der Waals surface area contributed by atoms with Crippen LogP contribution >= 0.6 is 0 Å². The smallest absolute Gasteiger partial charge is 0.445 e. The van der Waals surface area contributed by atoms with Gasteiger partial charge in [0.1, 0.15) is 12.0 Å². The number of benzene rings is 1. The average Bonchev–Trinajstić information content (AvgIpc) is 2.67. The minimum absolute atomic E-state index is 0.0171. The van der Waals surface area contributed by atoms with Crippen molar-refractivity contribution in [3.8, 4) is 5.75 Å². The van der Waals surface area contributed by atoms with Crippen LogP contribution in [0.5, 0.6) is 5.75 Å². The van der Waals surface area contributed by atoms with Crippen molar-refractivity contribution in [1.82, 2.24) is 0 Å². The van der Waals surface area contributed by atoms with Gasteiger partial charge < -0.3 is 19.0 Å². The quantitative estimate of drug-likeness (QED) is 0.298. The fourth-order valence-corrected chi connectivity index (χ4v) is 2.70. The van der Waals surface area contributed by atoms with Gasteiger partial charge in [-0.2, -0.15) is 0 Å². The monoisotopic (exact) mass is 400 g/mol. The molecule has 0 spiro atoms. The number of carbonyl (C=O) groups excluding carboxylic acids is 4. The summed E-state index contributed by atoms with van der Waals surface area (Å²) in [5.74, 6) is -2.92. The highest BCUT2D eigenvalue weighted by atomic mass is 16.7. The number of hydrogen-bond acceptors (Lipinski definition) is 7. The molecule has 0 aromatic heterocycles. The maximum absolute atomic E-state index is 13.5. The number of ketones is 1. The molecule has 29 heavy (non-hydrogen) atoms. The normalized spacial score (nSPS) is 20.4. The number of ether oxygens (including phenoxy) is 3. The maximum Gasteiger partial charge on any atom is 0.514 e. The zero-order valence-corrected chi connectivity index (χ0v) is 16.8. The molecule has 2 rings (SSSR count). The second-order valence-corrected chi connectivity index (χ2v) is 7.12. The van der Waals surface area contributed by atoms with Crippen molar-refractivity contribution in [3.63, 3.8) is 0 Å². The fraction of sp³-hybridized carbons (Fsp3) is 0.364. The van der Waals surface area contributed by atoms with Crippen molar-refractivity contribution in [3.05, 3.63) is 54.1 Å². The Hall–Kier alpha value is -3.22. The van der Waals surface area contributed by atoms with Gasteiger partial charge in [0.05, 0.1) is 23.5 Å². The van der Waals surface area contributed by atoms with E-state index < -0.39 is 41.4 Å². The van der Waals surface area contributed by atoms with Crippen LogP contribution in [-0.4, -0.2) is 35.9 Å². The summed E-state index contributed by atoms with van der Waals surface area (Å²) in [6.07, 6.45) is 5.14. The third-order valence-corrected chi connectivity index (χ3v) is 4.17. The molecule has 0 saturated heterocycles. The molecule has 1 aliphatic rings. The summed E-state index contributed by atoms with van der Waals surface area (Å²) >= 11 is 0. The summed E-state index contributed by atoms with van der Waals surface area (Å²) in [5, 5.41) is 0. The average molecular weight is 400 g/mol. The fourth-order valence-electron chi connectivity index (χ4n) is 2.70. The predicted octanol–water partition coefficient (Wildman–Crippen LogP) is 3.67. The molecule has 0 aliphatic heterocycles. The van der Waals surface area contributed by atoms with E-state index >= 15 is 0 Å². The predicted molar refractivity (Wildman–Crippen MR) is 105 cm³/mol. The van der Waals surface area contributed by atoms with Crippen LogP contribution in [0.3, 0.4) is 0 Å². The van der Waals surface area contributed by atoms with E-state index in [2.05, 4.69) is 0 Å². The zero-order chi connectivity index (χ0) is 21.6. The lowest BCUT2D eigenvalue weighted by Gasteiger charge is -2.34. The van der Waals surface area contributed by atoms with Crippen LogP contribution < -0.4 is 4.74 Å². The second kappa shape index (κ2) is 9.32. The first-order valence-corrected chi connectivity index (χ1v) is 9.27. The minimum Gasteiger partial charge on any atom is -0.445 e. The largest absolute Gasteiger partial charge is 0.514 e. The lowest BCUT2D eigenvalue weighted by molar-refractivity contribution is -0.158. The number of rotatable bonds is 7. The van der Waals surface area contributed by atoms with Gasteiger partial charge in [-0.25, -0.2) is 4.79 Å². The molecular formula is C22H24O7. The van der Waals surface area contributed by atoms with Crippen LogP contribution in [0.4, 0.5) is 4.79 Å². The summed E-state index contributed by atoms with van der Waals surface area (Å²) in [5.41, 5.74) is -1.89. The maximum atomic E-state index is 13.5. The molecule has 0 N–H and O–H groups in total. The van der Waals surface area contributed by atoms with Gasteiger partial charge in [0.15, 0.2) is 0 Å². The number of allylic oxidation sites excluding steroid dienone is 2. The highest BCUT2D eigenvalue weighted by Gasteiger charge is 2.48. The van der Waals surface area contributed by atoms with E-state index in [0.29, 0.717) is 6.29 Å². The first-order chi connectivity index (χ1) is 13.7. The number of carbonyl (C=O) groups is 4. The number of aldehydes is 1. The Labute approximate surface area is 169 Å². The lowest BCUT2D eigenvalue weighted by atomic mass is 9.78. The van der Waals surface area contributed by atoms with E-state index in [-0.39, 0.29) is 11.3 Å². The molecule has 0 saturated carbocycles. The molecule has 2 unspecified atom stereocenters. The van der Waals surface area contributed by atoms with E-state index in [1.807, 2.05) is 0 Å². The van der Waals surface area contributed by atoms with Crippen molar-refractivity contribution in [2.75, 3.05) is 0 Å². The van der Waals surface area contributed by atoms with Crippen LogP contribution in [0.2, 0.25) is 0 Å². The van der Waals surface area contributed by atoms with Crippen molar-refractivity contribution < 1.29 is 33.4 Å². The van der Waals surface area contributed by atoms with E-state index in [1.54, 1.807) is 45.9 Å². The Morgan fingerprint density at radius 1 is 1.07 bits per heavy atom. The van der Waals surface area contributed by atoms with Gasteiger partial charge >= 0.3 is 12.1 Å². The number of hydrogen-bond donors (Lipinski definition) is 0. The minimum atomic E-state index is -1.88. The molecule has 1 aromatic carbocycles. The molecule has 1 aliphatic carbocycles. The van der Waals surface area contributed by atoms with Gasteiger partial charge in [-0.3, -0.25) is 9.59 Å². The van der Waals surface area contributed by atoms with Crippen molar-refractivity contribution in [2.45, 2.75) is 39.4 Å². The van der Waals surface area contributed by atoms with E-state index in [9.17, 15) is 19.2 Å². The van der Waals surface area contributed by atoms with Crippen molar-refractivity contribution >= 4 is 24.2 Å². The summed E-state index contributed by atoms with van der Waals surface area (Å²) < 4.78 is 15.7. The van der Waals surface area contributed by atoms with Crippen molar-refractivity contribution in [2.24, 2.45) is 11.8 Å².